The summed E-state index contributed by atoms with van der Waals surface area (Å²) < 4.78 is 10.2. The van der Waals surface area contributed by atoms with E-state index in [9.17, 15) is 9.59 Å². The predicted octanol–water partition coefficient (Wildman–Crippen LogP) is 0.707. The van der Waals surface area contributed by atoms with Crippen LogP contribution in [0.5, 0.6) is 0 Å². The number of rotatable bonds is 4. The van der Waals surface area contributed by atoms with Gasteiger partial charge in [-0.3, -0.25) is 0 Å². The minimum Gasteiger partial charge on any atom is -0.480 e. The fourth-order valence-electron chi connectivity index (χ4n) is 1.49. The number of hydrogen-bond acceptors (Lipinski definition) is 4. The Balaban J connectivity index is 2.30. The summed E-state index contributed by atoms with van der Waals surface area (Å²) in [6.07, 6.45) is -0.536. The number of carbonyl (C=O) groups is 2. The minimum atomic E-state index is -1.01. The van der Waals surface area contributed by atoms with Gasteiger partial charge in [-0.05, 0) is 20.8 Å². The van der Waals surface area contributed by atoms with Crippen molar-refractivity contribution in [2.75, 3.05) is 19.7 Å². The first-order valence-electron chi connectivity index (χ1n) is 5.14. The highest BCUT2D eigenvalue weighted by atomic mass is 16.6. The standard InChI is InChI=1S/C10H17NO5/c1-7(2)16-9(14)11-5-10(3,6-11)15-4-8(12)13/h7H,4-6H2,1-3H3,(H,12,13). The van der Waals surface area contributed by atoms with Gasteiger partial charge in [0.15, 0.2) is 0 Å². The number of carbonyl (C=O) groups excluding carboxylic acids is 1. The van der Waals surface area contributed by atoms with Crippen LogP contribution in [0.15, 0.2) is 0 Å². The maximum absolute atomic E-state index is 11.4. The Morgan fingerprint density at radius 3 is 2.44 bits per heavy atom. The lowest BCUT2D eigenvalue weighted by molar-refractivity contribution is -0.161. The molecule has 1 N–H and O–H groups in total. The molecule has 0 spiro atoms. The Hall–Kier alpha value is -1.30. The first kappa shape index (κ1) is 12.8. The molecule has 1 fully saturated rings. The average molecular weight is 231 g/mol. The molecule has 0 aromatic carbocycles. The second kappa shape index (κ2) is 4.69. The molecular formula is C10H17NO5. The van der Waals surface area contributed by atoms with E-state index in [0.717, 1.165) is 0 Å². The normalized spacial score (nSPS) is 18.1. The lowest BCUT2D eigenvalue weighted by Crippen LogP contribution is -2.63. The summed E-state index contributed by atoms with van der Waals surface area (Å²) in [5, 5.41) is 8.46. The molecule has 0 aliphatic carbocycles. The zero-order chi connectivity index (χ0) is 12.3. The Kier molecular flexibility index (Phi) is 3.74. The van der Waals surface area contributed by atoms with Crippen molar-refractivity contribution in [3.05, 3.63) is 0 Å². The molecule has 0 aromatic heterocycles. The number of amides is 1. The van der Waals surface area contributed by atoms with Gasteiger partial charge in [0.25, 0.3) is 0 Å². The van der Waals surface area contributed by atoms with Gasteiger partial charge in [-0.2, -0.15) is 0 Å². The number of aliphatic carboxylic acids is 1. The Morgan fingerprint density at radius 1 is 1.44 bits per heavy atom. The van der Waals surface area contributed by atoms with Crippen LogP contribution in [0.1, 0.15) is 20.8 Å². The maximum atomic E-state index is 11.4. The first-order valence-corrected chi connectivity index (χ1v) is 5.14. The Bertz CT molecular complexity index is 283. The molecule has 0 saturated carbocycles. The molecule has 1 amide bonds. The molecule has 92 valence electrons. The first-order chi connectivity index (χ1) is 7.32. The molecule has 6 heteroatoms. The van der Waals surface area contributed by atoms with Crippen molar-refractivity contribution < 1.29 is 24.2 Å². The van der Waals surface area contributed by atoms with Crippen molar-refractivity contribution in [1.82, 2.24) is 4.90 Å². The largest absolute Gasteiger partial charge is 0.480 e. The highest BCUT2D eigenvalue weighted by Crippen LogP contribution is 2.25. The van der Waals surface area contributed by atoms with Gasteiger partial charge in [-0.15, -0.1) is 0 Å². The van der Waals surface area contributed by atoms with Gasteiger partial charge in [0.1, 0.15) is 12.2 Å². The number of nitrogens with zero attached hydrogens (tertiary/aromatic N) is 1. The molecule has 0 radical (unpaired) electrons. The summed E-state index contributed by atoms with van der Waals surface area (Å²) in [5.74, 6) is -1.01. The predicted molar refractivity (Wildman–Crippen MR) is 55.2 cm³/mol. The van der Waals surface area contributed by atoms with Crippen LogP contribution in [0.4, 0.5) is 4.79 Å². The fraction of sp³-hybridized carbons (Fsp3) is 0.800. The SMILES string of the molecule is CC(C)OC(=O)N1CC(C)(OCC(=O)O)C1. The van der Waals surface area contributed by atoms with Gasteiger partial charge in [0.2, 0.25) is 0 Å². The van der Waals surface area contributed by atoms with E-state index in [0.29, 0.717) is 13.1 Å². The number of likely N-dealkylation sites (tertiary alicyclic amines) is 1. The van der Waals surface area contributed by atoms with Crippen molar-refractivity contribution in [2.45, 2.75) is 32.5 Å². The van der Waals surface area contributed by atoms with E-state index in [1.165, 1.54) is 4.90 Å². The second-order valence-electron chi connectivity index (χ2n) is 4.42. The van der Waals surface area contributed by atoms with Gasteiger partial charge in [-0.25, -0.2) is 9.59 Å². The van der Waals surface area contributed by atoms with Gasteiger partial charge in [0.05, 0.1) is 19.2 Å². The van der Waals surface area contributed by atoms with E-state index in [1.807, 2.05) is 0 Å². The summed E-state index contributed by atoms with van der Waals surface area (Å²) in [5.41, 5.74) is -0.561. The van der Waals surface area contributed by atoms with E-state index >= 15 is 0 Å². The van der Waals surface area contributed by atoms with Gasteiger partial charge in [-0.1, -0.05) is 0 Å². The molecule has 1 heterocycles. The molecule has 1 rings (SSSR count). The molecule has 1 aliphatic rings. The lowest BCUT2D eigenvalue weighted by Gasteiger charge is -2.46. The van der Waals surface area contributed by atoms with Crippen LogP contribution in [-0.2, 0) is 14.3 Å². The zero-order valence-electron chi connectivity index (χ0n) is 9.73. The third kappa shape index (κ3) is 3.37. The Labute approximate surface area is 94.1 Å². The third-order valence-corrected chi connectivity index (χ3v) is 2.19. The van der Waals surface area contributed by atoms with E-state index < -0.39 is 11.6 Å². The monoisotopic (exact) mass is 231 g/mol. The average Bonchev–Trinajstić information content (AvgIpc) is 2.09. The van der Waals surface area contributed by atoms with Crippen molar-refractivity contribution in [2.24, 2.45) is 0 Å². The highest BCUT2D eigenvalue weighted by Gasteiger charge is 2.43. The number of hydrogen-bond donors (Lipinski definition) is 1. The van der Waals surface area contributed by atoms with Crippen LogP contribution >= 0.6 is 0 Å². The van der Waals surface area contributed by atoms with Crippen LogP contribution in [-0.4, -0.2) is 53.5 Å². The van der Waals surface area contributed by atoms with Crippen LogP contribution in [0.2, 0.25) is 0 Å². The van der Waals surface area contributed by atoms with Crippen LogP contribution in [0.3, 0.4) is 0 Å². The maximum Gasteiger partial charge on any atom is 0.410 e. The summed E-state index contributed by atoms with van der Waals surface area (Å²) in [6.45, 7) is 5.71. The summed E-state index contributed by atoms with van der Waals surface area (Å²) in [6, 6.07) is 0. The fourth-order valence-corrected chi connectivity index (χ4v) is 1.49. The molecule has 0 atom stereocenters. The second-order valence-corrected chi connectivity index (χ2v) is 4.42. The number of carboxylic acid groups (broad SMARTS) is 1. The van der Waals surface area contributed by atoms with E-state index in [1.54, 1.807) is 20.8 Å². The molecule has 0 bridgehead atoms. The zero-order valence-corrected chi connectivity index (χ0v) is 9.73. The minimum absolute atomic E-state index is 0.153. The van der Waals surface area contributed by atoms with Crippen molar-refractivity contribution in [1.29, 1.82) is 0 Å². The quantitative estimate of drug-likeness (QED) is 0.771. The van der Waals surface area contributed by atoms with Crippen molar-refractivity contribution >= 4 is 12.1 Å². The Morgan fingerprint density at radius 2 is 2.00 bits per heavy atom. The van der Waals surface area contributed by atoms with E-state index in [4.69, 9.17) is 14.6 Å². The summed E-state index contributed by atoms with van der Waals surface area (Å²) >= 11 is 0. The van der Waals surface area contributed by atoms with E-state index in [-0.39, 0.29) is 18.8 Å². The molecule has 0 unspecified atom stereocenters. The highest BCUT2D eigenvalue weighted by molar-refractivity contribution is 5.70. The number of ether oxygens (including phenoxy) is 2. The van der Waals surface area contributed by atoms with Crippen LogP contribution in [0, 0.1) is 0 Å². The molecule has 1 aliphatic heterocycles. The molecular weight excluding hydrogens is 214 g/mol. The van der Waals surface area contributed by atoms with E-state index in [2.05, 4.69) is 0 Å². The molecule has 16 heavy (non-hydrogen) atoms. The van der Waals surface area contributed by atoms with Gasteiger partial charge < -0.3 is 19.5 Å². The smallest absolute Gasteiger partial charge is 0.410 e. The van der Waals surface area contributed by atoms with Crippen molar-refractivity contribution in [3.63, 3.8) is 0 Å². The third-order valence-electron chi connectivity index (χ3n) is 2.19. The number of carboxylic acids is 1. The molecule has 1 saturated heterocycles. The van der Waals surface area contributed by atoms with Gasteiger partial charge >= 0.3 is 12.1 Å². The van der Waals surface area contributed by atoms with Crippen LogP contribution in [0.25, 0.3) is 0 Å². The van der Waals surface area contributed by atoms with Gasteiger partial charge in [0, 0.05) is 0 Å². The topological polar surface area (TPSA) is 76.1 Å². The van der Waals surface area contributed by atoms with Crippen molar-refractivity contribution in [3.8, 4) is 0 Å². The molecule has 0 aromatic rings. The summed E-state index contributed by atoms with van der Waals surface area (Å²) in [7, 11) is 0. The lowest BCUT2D eigenvalue weighted by atomic mass is 9.97. The van der Waals surface area contributed by atoms with Crippen LogP contribution < -0.4 is 0 Å². The molecule has 6 nitrogen and oxygen atoms in total. The summed E-state index contributed by atoms with van der Waals surface area (Å²) in [4.78, 5) is 23.2.